The van der Waals surface area contributed by atoms with E-state index in [1.807, 2.05) is 6.92 Å². The molecule has 1 aromatic carbocycles. The number of rotatable bonds is 3. The number of hydrogen-bond acceptors (Lipinski definition) is 3. The fourth-order valence-corrected chi connectivity index (χ4v) is 4.23. The Labute approximate surface area is 129 Å². The molecule has 2 rings (SSSR count). The number of amides is 1. The molecule has 1 N–H and O–H groups in total. The second-order valence-corrected chi connectivity index (χ2v) is 8.46. The van der Waals surface area contributed by atoms with Gasteiger partial charge in [-0.3, -0.25) is 4.79 Å². The molecule has 0 aromatic heterocycles. The molecule has 1 aliphatic rings. The Balaban J connectivity index is 2.38. The molecule has 110 valence electrons. The molecule has 8 heteroatoms. The zero-order chi connectivity index (χ0) is 15.1. The number of carbonyl (C=O) groups excluding carboxylic acids is 1. The summed E-state index contributed by atoms with van der Waals surface area (Å²) in [6.45, 7) is 1.87. The number of nitrogens with one attached hydrogen (secondary N) is 1. The summed E-state index contributed by atoms with van der Waals surface area (Å²) in [5.41, 5.74) is -0.683. The molecule has 0 aliphatic heterocycles. The molecule has 0 bridgehead atoms. The Bertz CT molecular complexity index is 674. The fourth-order valence-electron chi connectivity index (χ4n) is 2.06. The lowest BCUT2D eigenvalue weighted by Crippen LogP contribution is -2.51. The minimum atomic E-state index is -4.06. The summed E-state index contributed by atoms with van der Waals surface area (Å²) in [7, 11) is 1.19. The molecule has 1 aliphatic carbocycles. The fraction of sp³-hybridized carbons (Fsp3) is 0.417. The third kappa shape index (κ3) is 3.15. The Morgan fingerprint density at radius 2 is 2.05 bits per heavy atom. The molecule has 1 saturated carbocycles. The number of hydrogen-bond donors (Lipinski definition) is 1. The van der Waals surface area contributed by atoms with Crippen molar-refractivity contribution in [2.24, 2.45) is 0 Å². The van der Waals surface area contributed by atoms with E-state index < -0.39 is 20.8 Å². The van der Waals surface area contributed by atoms with Crippen LogP contribution in [-0.4, -0.2) is 19.9 Å². The van der Waals surface area contributed by atoms with Crippen molar-refractivity contribution in [3.63, 3.8) is 0 Å². The van der Waals surface area contributed by atoms with Gasteiger partial charge in [0.1, 0.15) is 5.82 Å². The van der Waals surface area contributed by atoms with Gasteiger partial charge >= 0.3 is 0 Å². The van der Waals surface area contributed by atoms with E-state index in [2.05, 4.69) is 21.2 Å². The maximum atomic E-state index is 13.8. The van der Waals surface area contributed by atoms with E-state index in [9.17, 15) is 17.6 Å². The topological polar surface area (TPSA) is 63.2 Å². The molecule has 1 amide bonds. The summed E-state index contributed by atoms with van der Waals surface area (Å²) in [4.78, 5) is 11.7. The van der Waals surface area contributed by atoms with Gasteiger partial charge in [0, 0.05) is 20.7 Å². The molecule has 0 heterocycles. The van der Waals surface area contributed by atoms with Crippen LogP contribution in [-0.2, 0) is 9.05 Å². The van der Waals surface area contributed by atoms with Gasteiger partial charge in [-0.2, -0.15) is 0 Å². The van der Waals surface area contributed by atoms with Crippen LogP contribution in [0.25, 0.3) is 0 Å². The molecule has 4 nitrogen and oxygen atoms in total. The maximum Gasteiger partial charge on any atom is 0.262 e. The Hall–Kier alpha value is -0.660. The van der Waals surface area contributed by atoms with Gasteiger partial charge in [-0.1, -0.05) is 0 Å². The van der Waals surface area contributed by atoms with Gasteiger partial charge in [-0.15, -0.1) is 0 Å². The van der Waals surface area contributed by atoms with E-state index in [1.54, 1.807) is 0 Å². The van der Waals surface area contributed by atoms with Gasteiger partial charge in [-0.25, -0.2) is 12.8 Å². The predicted molar refractivity (Wildman–Crippen MR) is 76.9 cm³/mol. The van der Waals surface area contributed by atoms with Gasteiger partial charge in [0.05, 0.1) is 10.5 Å². The highest BCUT2D eigenvalue weighted by atomic mass is 79.9. The number of benzene rings is 1. The van der Waals surface area contributed by atoms with Crippen molar-refractivity contribution in [2.45, 2.75) is 36.6 Å². The van der Waals surface area contributed by atoms with Gasteiger partial charge < -0.3 is 5.32 Å². The van der Waals surface area contributed by atoms with E-state index in [-0.39, 0.29) is 20.5 Å². The van der Waals surface area contributed by atoms with Gasteiger partial charge in [0.2, 0.25) is 0 Å². The van der Waals surface area contributed by atoms with Gasteiger partial charge in [0.25, 0.3) is 15.0 Å². The Morgan fingerprint density at radius 1 is 1.45 bits per heavy atom. The third-order valence-corrected chi connectivity index (χ3v) is 5.68. The summed E-state index contributed by atoms with van der Waals surface area (Å²) in [5, 5.41) is 2.72. The van der Waals surface area contributed by atoms with Crippen LogP contribution in [0.5, 0.6) is 0 Å². The molecule has 0 unspecified atom stereocenters. The molecule has 1 fully saturated rings. The second kappa shape index (κ2) is 5.27. The van der Waals surface area contributed by atoms with Crippen molar-refractivity contribution in [3.8, 4) is 0 Å². The molecule has 20 heavy (non-hydrogen) atoms. The highest BCUT2D eigenvalue weighted by Gasteiger charge is 2.34. The van der Waals surface area contributed by atoms with Crippen molar-refractivity contribution in [2.75, 3.05) is 0 Å². The third-order valence-electron chi connectivity index (χ3n) is 3.40. The second-order valence-electron chi connectivity index (χ2n) is 5.07. The van der Waals surface area contributed by atoms with Crippen molar-refractivity contribution in [3.05, 3.63) is 28.0 Å². The highest BCUT2D eigenvalue weighted by Crippen LogP contribution is 2.32. The number of halogens is 3. The predicted octanol–water partition coefficient (Wildman–Crippen LogP) is 3.19. The van der Waals surface area contributed by atoms with Gasteiger partial charge in [0.15, 0.2) is 0 Å². The van der Waals surface area contributed by atoms with Crippen LogP contribution in [0.1, 0.15) is 36.5 Å². The van der Waals surface area contributed by atoms with Crippen LogP contribution in [0.4, 0.5) is 4.39 Å². The van der Waals surface area contributed by atoms with E-state index >= 15 is 0 Å². The SMILES string of the molecule is CC1(NC(=O)c2cc(S(=O)(=O)Cl)c(Br)cc2F)CCC1. The van der Waals surface area contributed by atoms with Crippen LogP contribution in [0, 0.1) is 5.82 Å². The van der Waals surface area contributed by atoms with E-state index in [4.69, 9.17) is 10.7 Å². The first-order chi connectivity index (χ1) is 9.12. The van der Waals surface area contributed by atoms with E-state index in [0.29, 0.717) is 0 Å². The minimum Gasteiger partial charge on any atom is -0.347 e. The van der Waals surface area contributed by atoms with Crippen LogP contribution in [0.3, 0.4) is 0 Å². The standard InChI is InChI=1S/C12H12BrClFNO3S/c1-12(3-2-4-12)16-11(17)7-5-10(20(14,18)19)8(13)6-9(7)15/h5-6H,2-4H2,1H3,(H,16,17). The molecule has 0 saturated heterocycles. The van der Waals surface area contributed by atoms with Gasteiger partial charge in [-0.05, 0) is 54.2 Å². The first kappa shape index (κ1) is 15.7. The summed E-state index contributed by atoms with van der Waals surface area (Å²) in [6.07, 6.45) is 2.63. The molecule has 1 aromatic rings. The first-order valence-corrected chi connectivity index (χ1v) is 8.99. The highest BCUT2D eigenvalue weighted by molar-refractivity contribution is 9.10. The largest absolute Gasteiger partial charge is 0.347 e. The molecule has 0 atom stereocenters. The smallest absolute Gasteiger partial charge is 0.262 e. The summed E-state index contributed by atoms with van der Waals surface area (Å²) >= 11 is 2.92. The summed E-state index contributed by atoms with van der Waals surface area (Å²) in [5.74, 6) is -1.44. The minimum absolute atomic E-state index is 0.0172. The molecule has 0 spiro atoms. The zero-order valence-corrected chi connectivity index (χ0v) is 13.7. The molecular weight excluding hydrogens is 373 g/mol. The maximum absolute atomic E-state index is 13.8. The van der Waals surface area contributed by atoms with Crippen LogP contribution in [0.2, 0.25) is 0 Å². The number of carbonyl (C=O) groups is 1. The van der Waals surface area contributed by atoms with Crippen molar-refractivity contribution < 1.29 is 17.6 Å². The van der Waals surface area contributed by atoms with E-state index in [0.717, 1.165) is 31.4 Å². The first-order valence-electron chi connectivity index (χ1n) is 5.89. The van der Waals surface area contributed by atoms with E-state index in [1.165, 1.54) is 0 Å². The average Bonchev–Trinajstić information content (AvgIpc) is 2.24. The van der Waals surface area contributed by atoms with Crippen LogP contribution < -0.4 is 5.32 Å². The Kier molecular flexibility index (Phi) is 4.15. The Morgan fingerprint density at radius 3 is 2.50 bits per heavy atom. The quantitative estimate of drug-likeness (QED) is 0.814. The molecule has 0 radical (unpaired) electrons. The zero-order valence-electron chi connectivity index (χ0n) is 10.5. The van der Waals surface area contributed by atoms with Crippen LogP contribution in [0.15, 0.2) is 21.5 Å². The summed E-state index contributed by atoms with van der Waals surface area (Å²) < 4.78 is 36.6. The van der Waals surface area contributed by atoms with Crippen molar-refractivity contribution in [1.82, 2.24) is 5.32 Å². The lowest BCUT2D eigenvalue weighted by molar-refractivity contribution is 0.0846. The molecular formula is C12H12BrClFNO3S. The normalized spacial score (nSPS) is 17.4. The lowest BCUT2D eigenvalue weighted by atomic mass is 9.78. The van der Waals surface area contributed by atoms with Crippen molar-refractivity contribution in [1.29, 1.82) is 0 Å². The van der Waals surface area contributed by atoms with Crippen molar-refractivity contribution >= 4 is 41.6 Å². The lowest BCUT2D eigenvalue weighted by Gasteiger charge is -2.39. The monoisotopic (exact) mass is 383 g/mol. The average molecular weight is 385 g/mol. The summed E-state index contributed by atoms with van der Waals surface area (Å²) in [6, 6.07) is 1.87. The van der Waals surface area contributed by atoms with Crippen LogP contribution >= 0.6 is 26.6 Å².